The second-order valence-corrected chi connectivity index (χ2v) is 3.68. The topological polar surface area (TPSA) is 60.5 Å². The average molecular weight is 234 g/mol. The van der Waals surface area contributed by atoms with Gasteiger partial charge in [-0.2, -0.15) is 0 Å². The third kappa shape index (κ3) is 3.29. The van der Waals surface area contributed by atoms with Gasteiger partial charge < -0.3 is 14.8 Å². The number of carbonyl (C=O) groups is 1. The molecule has 1 saturated heterocycles. The van der Waals surface area contributed by atoms with Gasteiger partial charge in [-0.1, -0.05) is 6.58 Å². The highest BCUT2D eigenvalue weighted by atomic mass is 16.5. The summed E-state index contributed by atoms with van der Waals surface area (Å²) in [5, 5.41) is 2.65. The van der Waals surface area contributed by atoms with Crippen LogP contribution in [0.5, 0.6) is 5.88 Å². The number of nitrogens with zero attached hydrogens (tertiary/aromatic N) is 1. The first-order valence-corrected chi connectivity index (χ1v) is 5.42. The molecule has 1 N–H and O–H groups in total. The Morgan fingerprint density at radius 2 is 2.59 bits per heavy atom. The van der Waals surface area contributed by atoms with Crippen molar-refractivity contribution in [3.8, 4) is 5.88 Å². The molecule has 1 atom stereocenters. The third-order valence-electron chi connectivity index (χ3n) is 2.36. The zero-order chi connectivity index (χ0) is 12.1. The molecule has 0 saturated carbocycles. The summed E-state index contributed by atoms with van der Waals surface area (Å²) >= 11 is 0. The minimum absolute atomic E-state index is 0.0489. The molecule has 0 aliphatic carbocycles. The van der Waals surface area contributed by atoms with E-state index in [0.29, 0.717) is 18.2 Å². The van der Waals surface area contributed by atoms with Crippen LogP contribution in [0.3, 0.4) is 0 Å². The first-order valence-electron chi connectivity index (χ1n) is 5.42. The van der Waals surface area contributed by atoms with Crippen LogP contribution in [0.25, 0.3) is 0 Å². The van der Waals surface area contributed by atoms with Gasteiger partial charge in [0.15, 0.2) is 0 Å². The van der Waals surface area contributed by atoms with E-state index in [1.165, 1.54) is 6.08 Å². The lowest BCUT2D eigenvalue weighted by Crippen LogP contribution is -2.16. The van der Waals surface area contributed by atoms with Crippen molar-refractivity contribution in [1.29, 1.82) is 0 Å². The van der Waals surface area contributed by atoms with E-state index in [-0.39, 0.29) is 12.0 Å². The van der Waals surface area contributed by atoms with Crippen LogP contribution in [-0.4, -0.2) is 30.2 Å². The molecule has 2 heterocycles. The Labute approximate surface area is 99.4 Å². The van der Waals surface area contributed by atoms with E-state index in [1.54, 1.807) is 18.3 Å². The second-order valence-electron chi connectivity index (χ2n) is 3.68. The number of hydrogen-bond donors (Lipinski definition) is 1. The van der Waals surface area contributed by atoms with Crippen molar-refractivity contribution < 1.29 is 14.3 Å². The summed E-state index contributed by atoms with van der Waals surface area (Å²) in [4.78, 5) is 15.2. The molecular formula is C12H14N2O3. The number of ether oxygens (including phenoxy) is 2. The van der Waals surface area contributed by atoms with Gasteiger partial charge in [-0.15, -0.1) is 0 Å². The maximum atomic E-state index is 11.1. The molecule has 1 aromatic heterocycles. The fraction of sp³-hybridized carbons (Fsp3) is 0.333. The molecule has 1 aliphatic rings. The summed E-state index contributed by atoms with van der Waals surface area (Å²) in [6.45, 7) is 4.69. The van der Waals surface area contributed by atoms with Crippen LogP contribution in [0, 0.1) is 0 Å². The Morgan fingerprint density at radius 3 is 3.29 bits per heavy atom. The highest BCUT2D eigenvalue weighted by Gasteiger charge is 2.17. The molecule has 1 aliphatic heterocycles. The molecule has 5 heteroatoms. The molecule has 17 heavy (non-hydrogen) atoms. The van der Waals surface area contributed by atoms with Crippen molar-refractivity contribution >= 4 is 11.6 Å². The first-order chi connectivity index (χ1) is 8.28. The van der Waals surface area contributed by atoms with Crippen LogP contribution >= 0.6 is 0 Å². The van der Waals surface area contributed by atoms with Crippen LogP contribution in [0.15, 0.2) is 31.0 Å². The Hall–Kier alpha value is -1.88. The fourth-order valence-corrected chi connectivity index (χ4v) is 1.52. The number of amides is 1. The summed E-state index contributed by atoms with van der Waals surface area (Å²) in [6, 6.07) is 3.37. The quantitative estimate of drug-likeness (QED) is 0.799. The molecule has 0 spiro atoms. The summed E-state index contributed by atoms with van der Waals surface area (Å²) < 4.78 is 10.8. The highest BCUT2D eigenvalue weighted by Crippen LogP contribution is 2.18. The first kappa shape index (κ1) is 11.6. The Balaban J connectivity index is 2.00. The van der Waals surface area contributed by atoms with Crippen LogP contribution in [0.4, 0.5) is 5.69 Å². The standard InChI is InChI=1S/C12H14N2O3/c1-2-11(15)14-9-3-5-13-12(7-9)17-10-4-6-16-8-10/h2-3,5,7,10H,1,4,6,8H2,(H,13,14,15). The van der Waals surface area contributed by atoms with Gasteiger partial charge in [-0.3, -0.25) is 4.79 Å². The molecule has 2 rings (SSSR count). The monoisotopic (exact) mass is 234 g/mol. The number of carbonyl (C=O) groups excluding carboxylic acids is 1. The molecule has 0 bridgehead atoms. The van der Waals surface area contributed by atoms with E-state index in [4.69, 9.17) is 9.47 Å². The lowest BCUT2D eigenvalue weighted by molar-refractivity contribution is -0.111. The largest absolute Gasteiger partial charge is 0.472 e. The number of anilines is 1. The number of nitrogens with one attached hydrogen (secondary N) is 1. The Bertz CT molecular complexity index is 414. The van der Waals surface area contributed by atoms with Gasteiger partial charge in [-0.25, -0.2) is 4.98 Å². The molecule has 90 valence electrons. The van der Waals surface area contributed by atoms with E-state index >= 15 is 0 Å². The van der Waals surface area contributed by atoms with Gasteiger partial charge in [0.05, 0.1) is 13.2 Å². The van der Waals surface area contributed by atoms with E-state index in [9.17, 15) is 4.79 Å². The van der Waals surface area contributed by atoms with Crippen molar-refractivity contribution in [2.45, 2.75) is 12.5 Å². The van der Waals surface area contributed by atoms with Crippen molar-refractivity contribution in [2.24, 2.45) is 0 Å². The van der Waals surface area contributed by atoms with E-state index in [1.807, 2.05) is 0 Å². The average Bonchev–Trinajstić information content (AvgIpc) is 2.82. The van der Waals surface area contributed by atoms with Crippen molar-refractivity contribution in [1.82, 2.24) is 4.98 Å². The van der Waals surface area contributed by atoms with Gasteiger partial charge in [-0.05, 0) is 12.1 Å². The molecule has 0 radical (unpaired) electrons. The van der Waals surface area contributed by atoms with Crippen LogP contribution in [0.1, 0.15) is 6.42 Å². The number of pyridine rings is 1. The molecule has 1 unspecified atom stereocenters. The van der Waals surface area contributed by atoms with E-state index in [2.05, 4.69) is 16.9 Å². The SMILES string of the molecule is C=CC(=O)Nc1ccnc(OC2CCOC2)c1. The minimum atomic E-state index is -0.258. The summed E-state index contributed by atoms with van der Waals surface area (Å²) in [5.74, 6) is 0.230. The molecule has 1 aromatic rings. The molecule has 5 nitrogen and oxygen atoms in total. The van der Waals surface area contributed by atoms with Gasteiger partial charge in [0, 0.05) is 24.4 Å². The maximum absolute atomic E-state index is 11.1. The fourth-order valence-electron chi connectivity index (χ4n) is 1.52. The smallest absolute Gasteiger partial charge is 0.247 e. The van der Waals surface area contributed by atoms with Crippen molar-refractivity contribution in [2.75, 3.05) is 18.5 Å². The lowest BCUT2D eigenvalue weighted by atomic mass is 10.3. The molecule has 1 amide bonds. The Kier molecular flexibility index (Phi) is 3.72. The summed E-state index contributed by atoms with van der Waals surface area (Å²) in [6.07, 6.45) is 3.72. The maximum Gasteiger partial charge on any atom is 0.247 e. The normalized spacial score (nSPS) is 18.7. The van der Waals surface area contributed by atoms with Crippen LogP contribution < -0.4 is 10.1 Å². The second kappa shape index (κ2) is 5.45. The predicted molar refractivity (Wildman–Crippen MR) is 62.9 cm³/mol. The van der Waals surface area contributed by atoms with Crippen LogP contribution in [0.2, 0.25) is 0 Å². The highest BCUT2D eigenvalue weighted by molar-refractivity contribution is 5.98. The third-order valence-corrected chi connectivity index (χ3v) is 2.36. The number of aromatic nitrogens is 1. The van der Waals surface area contributed by atoms with Gasteiger partial charge >= 0.3 is 0 Å². The van der Waals surface area contributed by atoms with Gasteiger partial charge in [0.1, 0.15) is 6.10 Å². The van der Waals surface area contributed by atoms with Gasteiger partial charge in [0.2, 0.25) is 11.8 Å². The van der Waals surface area contributed by atoms with Crippen molar-refractivity contribution in [3.05, 3.63) is 31.0 Å². The molecule has 1 fully saturated rings. The van der Waals surface area contributed by atoms with E-state index < -0.39 is 0 Å². The number of rotatable bonds is 4. The lowest BCUT2D eigenvalue weighted by Gasteiger charge is -2.11. The Morgan fingerprint density at radius 1 is 1.71 bits per heavy atom. The number of hydrogen-bond acceptors (Lipinski definition) is 4. The predicted octanol–water partition coefficient (Wildman–Crippen LogP) is 1.37. The molecule has 0 aromatic carbocycles. The van der Waals surface area contributed by atoms with Gasteiger partial charge in [0.25, 0.3) is 0 Å². The van der Waals surface area contributed by atoms with Crippen molar-refractivity contribution in [3.63, 3.8) is 0 Å². The summed E-state index contributed by atoms with van der Waals surface area (Å²) in [7, 11) is 0. The molecular weight excluding hydrogens is 220 g/mol. The minimum Gasteiger partial charge on any atom is -0.472 e. The zero-order valence-corrected chi connectivity index (χ0v) is 9.39. The van der Waals surface area contributed by atoms with Crippen LogP contribution in [-0.2, 0) is 9.53 Å². The zero-order valence-electron chi connectivity index (χ0n) is 9.39. The summed E-state index contributed by atoms with van der Waals surface area (Å²) in [5.41, 5.74) is 0.638. The van der Waals surface area contributed by atoms with E-state index in [0.717, 1.165) is 13.0 Å².